The van der Waals surface area contributed by atoms with E-state index >= 15 is 0 Å². The Hall–Kier alpha value is -2.93. The fourth-order valence-electron chi connectivity index (χ4n) is 1.91. The molecule has 0 spiro atoms. The molecule has 3 rings (SSSR count). The summed E-state index contributed by atoms with van der Waals surface area (Å²) in [5.74, 6) is 0.828. The van der Waals surface area contributed by atoms with Gasteiger partial charge in [-0.05, 0) is 37.3 Å². The molecular weight excluding hydrogens is 312 g/mol. The van der Waals surface area contributed by atoms with Crippen LogP contribution in [0.1, 0.15) is 16.1 Å². The molecule has 3 N–H and O–H groups in total. The van der Waals surface area contributed by atoms with Gasteiger partial charge in [-0.25, -0.2) is 4.98 Å². The average molecular weight is 326 g/mol. The van der Waals surface area contributed by atoms with Crippen molar-refractivity contribution in [2.45, 2.75) is 6.92 Å². The van der Waals surface area contributed by atoms with E-state index in [1.54, 1.807) is 42.7 Å². The number of hydrogen-bond donors (Lipinski definition) is 2. The van der Waals surface area contributed by atoms with Gasteiger partial charge >= 0.3 is 0 Å². The summed E-state index contributed by atoms with van der Waals surface area (Å²) in [4.78, 5) is 20.5. The number of nitrogens with zero attached hydrogens (tertiary/aromatic N) is 2. The van der Waals surface area contributed by atoms with Crippen molar-refractivity contribution < 1.29 is 9.53 Å². The number of nitrogens with one attached hydrogen (secondary N) is 1. The number of aromatic nitrogens is 2. The summed E-state index contributed by atoms with van der Waals surface area (Å²) in [7, 11) is 0. The van der Waals surface area contributed by atoms with Crippen LogP contribution in [0.25, 0.3) is 0 Å². The number of rotatable bonds is 4. The minimum atomic E-state index is -0.322. The first kappa shape index (κ1) is 15.0. The molecule has 0 aliphatic rings. The zero-order chi connectivity index (χ0) is 16.2. The van der Waals surface area contributed by atoms with Crippen LogP contribution < -0.4 is 15.8 Å². The van der Waals surface area contributed by atoms with Crippen LogP contribution in [0.4, 0.5) is 10.8 Å². The molecule has 0 unspecified atom stereocenters. The average Bonchev–Trinajstić information content (AvgIpc) is 2.95. The van der Waals surface area contributed by atoms with Crippen molar-refractivity contribution in [3.63, 3.8) is 0 Å². The summed E-state index contributed by atoms with van der Waals surface area (Å²) in [5.41, 5.74) is 7.46. The van der Waals surface area contributed by atoms with Crippen LogP contribution >= 0.6 is 11.3 Å². The molecule has 0 fully saturated rings. The standard InChI is InChI=1S/C16H14N4O2S/c1-10-9-23-16(19-10)20-15(21)13-8-12(2-3-14(13)17)22-11-4-6-18-7-5-11/h2-9H,17H2,1H3,(H,19,20,21). The number of carbonyl (C=O) groups excluding carboxylic acids is 1. The fourth-order valence-corrected chi connectivity index (χ4v) is 2.60. The lowest BCUT2D eigenvalue weighted by Crippen LogP contribution is -2.14. The smallest absolute Gasteiger partial charge is 0.259 e. The van der Waals surface area contributed by atoms with Gasteiger partial charge in [0.1, 0.15) is 11.5 Å². The first-order chi connectivity index (χ1) is 11.1. The molecule has 6 nitrogen and oxygen atoms in total. The van der Waals surface area contributed by atoms with Crippen molar-refractivity contribution in [2.75, 3.05) is 11.1 Å². The molecule has 0 atom stereocenters. The number of benzene rings is 1. The van der Waals surface area contributed by atoms with E-state index in [9.17, 15) is 4.79 Å². The Morgan fingerprint density at radius 2 is 2.00 bits per heavy atom. The summed E-state index contributed by atoms with van der Waals surface area (Å²) < 4.78 is 5.69. The van der Waals surface area contributed by atoms with Crippen LogP contribution in [-0.4, -0.2) is 15.9 Å². The molecule has 0 bridgehead atoms. The van der Waals surface area contributed by atoms with Gasteiger partial charge in [0.25, 0.3) is 5.91 Å². The summed E-state index contributed by atoms with van der Waals surface area (Å²) in [6.07, 6.45) is 3.26. The lowest BCUT2D eigenvalue weighted by Gasteiger charge is -2.09. The quantitative estimate of drug-likeness (QED) is 0.716. The number of ether oxygens (including phenoxy) is 1. The molecular formula is C16H14N4O2S. The maximum atomic E-state index is 12.4. The number of hydrogen-bond acceptors (Lipinski definition) is 6. The van der Waals surface area contributed by atoms with Crippen molar-refractivity contribution in [3.05, 3.63) is 59.4 Å². The van der Waals surface area contributed by atoms with Gasteiger partial charge in [-0.3, -0.25) is 15.1 Å². The molecule has 0 saturated heterocycles. The van der Waals surface area contributed by atoms with Crippen molar-refractivity contribution >= 4 is 28.1 Å². The van der Waals surface area contributed by atoms with Crippen LogP contribution in [0, 0.1) is 6.92 Å². The summed E-state index contributed by atoms with van der Waals surface area (Å²) in [5, 5.41) is 5.13. The highest BCUT2D eigenvalue weighted by Gasteiger charge is 2.13. The van der Waals surface area contributed by atoms with E-state index in [1.165, 1.54) is 11.3 Å². The Bertz CT molecular complexity index is 833. The number of amides is 1. The molecule has 2 heterocycles. The third kappa shape index (κ3) is 3.64. The van der Waals surface area contributed by atoms with E-state index in [-0.39, 0.29) is 5.91 Å². The molecule has 7 heteroatoms. The highest BCUT2D eigenvalue weighted by Crippen LogP contribution is 2.26. The van der Waals surface area contributed by atoms with Gasteiger partial charge in [0.2, 0.25) is 0 Å². The van der Waals surface area contributed by atoms with Crippen LogP contribution in [-0.2, 0) is 0 Å². The first-order valence-corrected chi connectivity index (χ1v) is 7.70. The molecule has 3 aromatic rings. The predicted octanol–water partition coefficient (Wildman–Crippen LogP) is 3.47. The van der Waals surface area contributed by atoms with Gasteiger partial charge in [0.15, 0.2) is 5.13 Å². The Morgan fingerprint density at radius 3 is 2.70 bits per heavy atom. The number of aryl methyl sites for hydroxylation is 1. The lowest BCUT2D eigenvalue weighted by atomic mass is 10.1. The zero-order valence-electron chi connectivity index (χ0n) is 12.3. The molecule has 1 aromatic carbocycles. The summed E-state index contributed by atoms with van der Waals surface area (Å²) >= 11 is 1.36. The molecule has 116 valence electrons. The number of nitrogen functional groups attached to an aromatic ring is 1. The first-order valence-electron chi connectivity index (χ1n) is 6.83. The Labute approximate surface area is 137 Å². The lowest BCUT2D eigenvalue weighted by molar-refractivity contribution is 0.102. The van der Waals surface area contributed by atoms with E-state index in [1.807, 2.05) is 12.3 Å². The van der Waals surface area contributed by atoms with Crippen LogP contribution in [0.15, 0.2) is 48.1 Å². The monoisotopic (exact) mass is 326 g/mol. The minimum absolute atomic E-state index is 0.322. The fraction of sp³-hybridized carbons (Fsp3) is 0.0625. The molecule has 23 heavy (non-hydrogen) atoms. The second-order valence-electron chi connectivity index (χ2n) is 4.78. The molecule has 2 aromatic heterocycles. The largest absolute Gasteiger partial charge is 0.457 e. The van der Waals surface area contributed by atoms with E-state index < -0.39 is 0 Å². The molecule has 0 aliphatic carbocycles. The van der Waals surface area contributed by atoms with Crippen LogP contribution in [0.2, 0.25) is 0 Å². The van der Waals surface area contributed by atoms with Gasteiger partial charge in [0, 0.05) is 23.5 Å². The van der Waals surface area contributed by atoms with Crippen molar-refractivity contribution in [2.24, 2.45) is 0 Å². The number of pyridine rings is 1. The van der Waals surface area contributed by atoms with E-state index in [0.29, 0.717) is 27.9 Å². The van der Waals surface area contributed by atoms with Crippen molar-refractivity contribution in [1.82, 2.24) is 9.97 Å². The number of nitrogens with two attached hydrogens (primary N) is 1. The normalized spacial score (nSPS) is 10.3. The van der Waals surface area contributed by atoms with Gasteiger partial charge in [-0.2, -0.15) is 0 Å². The van der Waals surface area contributed by atoms with E-state index in [4.69, 9.17) is 10.5 Å². The maximum absolute atomic E-state index is 12.4. The third-order valence-corrected chi connectivity index (χ3v) is 3.87. The molecule has 0 saturated carbocycles. The number of anilines is 2. The van der Waals surface area contributed by atoms with Gasteiger partial charge in [0.05, 0.1) is 11.3 Å². The zero-order valence-corrected chi connectivity index (χ0v) is 13.1. The molecule has 0 radical (unpaired) electrons. The van der Waals surface area contributed by atoms with Crippen LogP contribution in [0.5, 0.6) is 11.5 Å². The van der Waals surface area contributed by atoms with Gasteiger partial charge in [-0.1, -0.05) is 0 Å². The highest BCUT2D eigenvalue weighted by molar-refractivity contribution is 7.13. The maximum Gasteiger partial charge on any atom is 0.259 e. The van der Waals surface area contributed by atoms with E-state index in [0.717, 1.165) is 5.69 Å². The van der Waals surface area contributed by atoms with Gasteiger partial charge in [-0.15, -0.1) is 11.3 Å². The van der Waals surface area contributed by atoms with Crippen LogP contribution in [0.3, 0.4) is 0 Å². The number of thiazole rings is 1. The summed E-state index contributed by atoms with van der Waals surface area (Å²) in [6, 6.07) is 8.41. The second kappa shape index (κ2) is 6.45. The minimum Gasteiger partial charge on any atom is -0.457 e. The Morgan fingerprint density at radius 1 is 1.22 bits per heavy atom. The summed E-state index contributed by atoms with van der Waals surface area (Å²) in [6.45, 7) is 1.86. The van der Waals surface area contributed by atoms with Crippen molar-refractivity contribution in [3.8, 4) is 11.5 Å². The predicted molar refractivity (Wildman–Crippen MR) is 90.0 cm³/mol. The van der Waals surface area contributed by atoms with Crippen molar-refractivity contribution in [1.29, 1.82) is 0 Å². The third-order valence-electron chi connectivity index (χ3n) is 2.99. The molecule has 1 amide bonds. The molecule has 0 aliphatic heterocycles. The number of carbonyl (C=O) groups is 1. The SMILES string of the molecule is Cc1csc(NC(=O)c2cc(Oc3ccncc3)ccc2N)n1. The Balaban J connectivity index is 1.81. The Kier molecular flexibility index (Phi) is 4.20. The second-order valence-corrected chi connectivity index (χ2v) is 5.64. The van der Waals surface area contributed by atoms with Gasteiger partial charge < -0.3 is 10.5 Å². The van der Waals surface area contributed by atoms with E-state index in [2.05, 4.69) is 15.3 Å². The highest BCUT2D eigenvalue weighted by atomic mass is 32.1. The topological polar surface area (TPSA) is 90.1 Å².